The van der Waals surface area contributed by atoms with Crippen molar-refractivity contribution in [1.82, 2.24) is 24.9 Å². The standard InChI is InChI=1S/C20H30N8OS/c1-13-7-18(30-19(13)20(29)26(2)3)25-17-12-28(11-15(24-17)5-6-21)16(8-22)14-9-23-27(4)10-14/h7-11,13,19H,5-6,12,21-22H2,1-4H3,(H,24,25)/b16-8-. The first-order valence-electron chi connectivity index (χ1n) is 9.85. The van der Waals surface area contributed by atoms with E-state index in [1.54, 1.807) is 36.1 Å². The van der Waals surface area contributed by atoms with E-state index in [-0.39, 0.29) is 17.1 Å². The van der Waals surface area contributed by atoms with E-state index in [2.05, 4.69) is 16.5 Å². The molecule has 2 unspecified atom stereocenters. The van der Waals surface area contributed by atoms with Crippen LogP contribution in [0.1, 0.15) is 18.9 Å². The molecule has 162 valence electrons. The largest absolute Gasteiger partial charge is 0.403 e. The Balaban J connectivity index is 1.83. The van der Waals surface area contributed by atoms with Crippen LogP contribution < -0.4 is 16.8 Å². The highest BCUT2D eigenvalue weighted by atomic mass is 32.2. The molecule has 0 fully saturated rings. The predicted octanol–water partition coefficient (Wildman–Crippen LogP) is 0.852. The quantitative estimate of drug-likeness (QED) is 0.612. The molecule has 0 bridgehead atoms. The van der Waals surface area contributed by atoms with Gasteiger partial charge in [-0.2, -0.15) is 5.10 Å². The number of hydrogen-bond donors (Lipinski definition) is 3. The second kappa shape index (κ2) is 9.40. The van der Waals surface area contributed by atoms with Gasteiger partial charge in [-0.3, -0.25) is 9.48 Å². The lowest BCUT2D eigenvalue weighted by Crippen LogP contribution is -2.40. The predicted molar refractivity (Wildman–Crippen MR) is 122 cm³/mol. The fourth-order valence-corrected chi connectivity index (χ4v) is 4.70. The third-order valence-corrected chi connectivity index (χ3v) is 6.23. The van der Waals surface area contributed by atoms with E-state index >= 15 is 0 Å². The van der Waals surface area contributed by atoms with Gasteiger partial charge in [-0.15, -0.1) is 0 Å². The smallest absolute Gasteiger partial charge is 0.236 e. The molecule has 0 saturated carbocycles. The van der Waals surface area contributed by atoms with Crippen LogP contribution in [-0.4, -0.2) is 63.8 Å². The molecule has 10 heteroatoms. The number of aromatic nitrogens is 2. The number of amidine groups is 1. The molecule has 2 aliphatic heterocycles. The molecule has 1 aromatic rings. The van der Waals surface area contributed by atoms with Crippen LogP contribution in [-0.2, 0) is 11.8 Å². The van der Waals surface area contributed by atoms with Crippen LogP contribution in [0.4, 0.5) is 0 Å². The van der Waals surface area contributed by atoms with Gasteiger partial charge in [0.15, 0.2) is 0 Å². The molecule has 1 aromatic heterocycles. The molecule has 0 radical (unpaired) electrons. The Bertz CT molecular complexity index is 914. The maximum Gasteiger partial charge on any atom is 0.236 e. The molecule has 9 nitrogen and oxygen atoms in total. The molecular weight excluding hydrogens is 400 g/mol. The number of allylic oxidation sites excluding steroid dienone is 1. The Morgan fingerprint density at radius 1 is 1.50 bits per heavy atom. The van der Waals surface area contributed by atoms with Gasteiger partial charge < -0.3 is 26.6 Å². The molecule has 0 spiro atoms. The number of hydrogen-bond acceptors (Lipinski definition) is 7. The Labute approximate surface area is 181 Å². The molecule has 2 aliphatic rings. The van der Waals surface area contributed by atoms with Gasteiger partial charge in [0, 0.05) is 57.4 Å². The van der Waals surface area contributed by atoms with Gasteiger partial charge in [0.2, 0.25) is 5.91 Å². The molecule has 30 heavy (non-hydrogen) atoms. The first-order valence-corrected chi connectivity index (χ1v) is 10.7. The highest BCUT2D eigenvalue weighted by Crippen LogP contribution is 2.38. The zero-order chi connectivity index (χ0) is 21.8. The van der Waals surface area contributed by atoms with Gasteiger partial charge in [-0.05, 0) is 18.5 Å². The summed E-state index contributed by atoms with van der Waals surface area (Å²) in [4.78, 5) is 20.9. The van der Waals surface area contributed by atoms with Gasteiger partial charge in [-0.1, -0.05) is 18.7 Å². The number of carbonyl (C=O) groups excluding carboxylic acids is 1. The number of nitrogens with one attached hydrogen (secondary N) is 1. The minimum Gasteiger partial charge on any atom is -0.403 e. The summed E-state index contributed by atoms with van der Waals surface area (Å²) in [6, 6.07) is 0. The lowest BCUT2D eigenvalue weighted by Gasteiger charge is -2.30. The van der Waals surface area contributed by atoms with E-state index in [4.69, 9.17) is 16.5 Å². The summed E-state index contributed by atoms with van der Waals surface area (Å²) in [7, 11) is 5.43. The number of amides is 1. The molecular formula is C20H30N8OS. The zero-order valence-electron chi connectivity index (χ0n) is 17.9. The minimum atomic E-state index is -0.145. The Morgan fingerprint density at radius 3 is 2.87 bits per heavy atom. The maximum absolute atomic E-state index is 12.4. The second-order valence-corrected chi connectivity index (χ2v) is 8.76. The van der Waals surface area contributed by atoms with Crippen LogP contribution in [0.15, 0.2) is 46.6 Å². The van der Waals surface area contributed by atoms with Crippen LogP contribution in [0.5, 0.6) is 0 Å². The molecule has 0 aliphatic carbocycles. The second-order valence-electron chi connectivity index (χ2n) is 7.59. The lowest BCUT2D eigenvalue weighted by atomic mass is 10.1. The maximum atomic E-state index is 12.4. The Hall–Kier alpha value is -2.72. The van der Waals surface area contributed by atoms with Crippen molar-refractivity contribution in [3.63, 3.8) is 0 Å². The minimum absolute atomic E-state index is 0.103. The molecule has 0 aromatic carbocycles. The molecule has 1 amide bonds. The van der Waals surface area contributed by atoms with Crippen molar-refractivity contribution in [2.75, 3.05) is 27.2 Å². The fourth-order valence-electron chi connectivity index (χ4n) is 3.38. The Morgan fingerprint density at radius 2 is 2.27 bits per heavy atom. The van der Waals surface area contributed by atoms with Crippen molar-refractivity contribution < 1.29 is 4.79 Å². The number of nitrogens with zero attached hydrogens (tertiary/aromatic N) is 5. The molecule has 3 rings (SSSR count). The van der Waals surface area contributed by atoms with E-state index < -0.39 is 0 Å². The molecule has 0 saturated heterocycles. The average Bonchev–Trinajstić information content (AvgIpc) is 3.27. The first kappa shape index (κ1) is 22.0. The van der Waals surface area contributed by atoms with Crippen molar-refractivity contribution in [2.45, 2.75) is 18.6 Å². The topological polar surface area (TPSA) is 118 Å². The number of nitrogens with two attached hydrogens (primary N) is 2. The highest BCUT2D eigenvalue weighted by molar-refractivity contribution is 8.04. The summed E-state index contributed by atoms with van der Waals surface area (Å²) in [6.45, 7) is 3.08. The number of carbonyl (C=O) groups is 1. The normalized spacial score (nSPS) is 23.3. The van der Waals surface area contributed by atoms with Crippen LogP contribution in [0.3, 0.4) is 0 Å². The van der Waals surface area contributed by atoms with Gasteiger partial charge in [0.05, 0.1) is 28.7 Å². The average molecular weight is 431 g/mol. The zero-order valence-corrected chi connectivity index (χ0v) is 18.7. The summed E-state index contributed by atoms with van der Waals surface area (Å²) in [5.74, 6) is 1.01. The lowest BCUT2D eigenvalue weighted by molar-refractivity contribution is -0.128. The summed E-state index contributed by atoms with van der Waals surface area (Å²) >= 11 is 1.51. The summed E-state index contributed by atoms with van der Waals surface area (Å²) in [6.07, 6.45) is 10.0. The van der Waals surface area contributed by atoms with Crippen molar-refractivity contribution in [3.8, 4) is 0 Å². The van der Waals surface area contributed by atoms with Crippen molar-refractivity contribution in [1.29, 1.82) is 0 Å². The number of rotatable bonds is 6. The van der Waals surface area contributed by atoms with Gasteiger partial charge in [0.25, 0.3) is 0 Å². The first-order chi connectivity index (χ1) is 14.3. The van der Waals surface area contributed by atoms with Crippen LogP contribution in [0, 0.1) is 5.92 Å². The summed E-state index contributed by atoms with van der Waals surface area (Å²) in [5.41, 5.74) is 14.5. The number of aliphatic imine (C=N–C) groups is 1. The summed E-state index contributed by atoms with van der Waals surface area (Å²) in [5, 5.41) is 8.32. The van der Waals surface area contributed by atoms with E-state index in [0.717, 1.165) is 27.8 Å². The monoisotopic (exact) mass is 430 g/mol. The fraction of sp³-hybridized carbons (Fsp3) is 0.450. The van der Waals surface area contributed by atoms with Gasteiger partial charge >= 0.3 is 0 Å². The third kappa shape index (κ3) is 4.88. The van der Waals surface area contributed by atoms with Crippen LogP contribution in [0.2, 0.25) is 0 Å². The SMILES string of the molecule is CC1C=C(N=C2CN(/C(=C\N)c3cnn(C)c3)C=C(CCN)N2)SC1C(=O)N(C)C. The van der Waals surface area contributed by atoms with E-state index in [9.17, 15) is 4.79 Å². The van der Waals surface area contributed by atoms with Crippen LogP contribution >= 0.6 is 11.8 Å². The molecule has 3 heterocycles. The van der Waals surface area contributed by atoms with E-state index in [1.165, 1.54) is 11.8 Å². The highest BCUT2D eigenvalue weighted by Gasteiger charge is 2.33. The Kier molecular flexibility index (Phi) is 6.88. The van der Waals surface area contributed by atoms with Gasteiger partial charge in [0.1, 0.15) is 5.84 Å². The molecule has 5 N–H and O–H groups in total. The van der Waals surface area contributed by atoms with Crippen molar-refractivity contribution in [2.24, 2.45) is 29.4 Å². The third-order valence-electron chi connectivity index (χ3n) is 4.88. The van der Waals surface area contributed by atoms with Gasteiger partial charge in [-0.25, -0.2) is 4.99 Å². The number of thioether (sulfide) groups is 1. The van der Waals surface area contributed by atoms with E-state index in [0.29, 0.717) is 19.5 Å². The summed E-state index contributed by atoms with van der Waals surface area (Å²) < 4.78 is 1.74. The van der Waals surface area contributed by atoms with Crippen molar-refractivity contribution >= 4 is 29.2 Å². The van der Waals surface area contributed by atoms with E-state index in [1.807, 2.05) is 31.3 Å². The molecule has 2 atom stereocenters. The number of aryl methyl sites for hydroxylation is 1. The van der Waals surface area contributed by atoms with Crippen molar-refractivity contribution in [3.05, 3.63) is 47.2 Å². The van der Waals surface area contributed by atoms with Crippen LogP contribution in [0.25, 0.3) is 5.70 Å².